The Balaban J connectivity index is 2.21. The molecule has 0 radical (unpaired) electrons. The Bertz CT molecular complexity index is 678. The maximum atomic E-state index is 12.7. The second kappa shape index (κ2) is 7.08. The van der Waals surface area contributed by atoms with E-state index in [0.717, 1.165) is 15.2 Å². The molecule has 0 unspecified atom stereocenters. The Morgan fingerprint density at radius 3 is 2.43 bits per heavy atom. The molecule has 0 saturated carbocycles. The van der Waals surface area contributed by atoms with Crippen LogP contribution in [0.3, 0.4) is 0 Å². The van der Waals surface area contributed by atoms with E-state index in [9.17, 15) is 9.59 Å². The second-order valence-corrected chi connectivity index (χ2v) is 7.13. The number of hydrogen-bond donors (Lipinski definition) is 1. The Hall–Kier alpha value is -1.95. The van der Waals surface area contributed by atoms with Gasteiger partial charge in [0, 0.05) is 14.0 Å². The number of rotatable bonds is 5. The van der Waals surface area contributed by atoms with E-state index in [4.69, 9.17) is 0 Å². The number of nitrogens with zero attached hydrogens (tertiary/aromatic N) is 2. The SMILES string of the molecule is CC(=O)N[C@H](C(=O)N(C)[C@H](C)c1nc2ccccc2s1)C(C)C. The normalized spacial score (nSPS) is 13.8. The third-order valence-electron chi connectivity index (χ3n) is 3.89. The number of thiazole rings is 1. The first-order valence-electron chi connectivity index (χ1n) is 7.70. The minimum Gasteiger partial charge on any atom is -0.344 e. The maximum absolute atomic E-state index is 12.7. The molecule has 1 aromatic carbocycles. The summed E-state index contributed by atoms with van der Waals surface area (Å²) in [6.07, 6.45) is 0. The van der Waals surface area contributed by atoms with Crippen LogP contribution in [0.15, 0.2) is 24.3 Å². The monoisotopic (exact) mass is 333 g/mol. The molecule has 6 heteroatoms. The molecule has 1 N–H and O–H groups in total. The number of nitrogens with one attached hydrogen (secondary N) is 1. The van der Waals surface area contributed by atoms with Gasteiger partial charge in [-0.2, -0.15) is 0 Å². The van der Waals surface area contributed by atoms with Crippen molar-refractivity contribution >= 4 is 33.4 Å². The molecule has 0 aliphatic rings. The van der Waals surface area contributed by atoms with Gasteiger partial charge in [-0.15, -0.1) is 11.3 Å². The van der Waals surface area contributed by atoms with Gasteiger partial charge in [0.1, 0.15) is 11.0 Å². The highest BCUT2D eigenvalue weighted by molar-refractivity contribution is 7.18. The molecule has 0 spiro atoms. The number of carbonyl (C=O) groups is 2. The number of amides is 2. The van der Waals surface area contributed by atoms with Crippen LogP contribution in [-0.4, -0.2) is 34.8 Å². The van der Waals surface area contributed by atoms with Crippen molar-refractivity contribution in [1.82, 2.24) is 15.2 Å². The van der Waals surface area contributed by atoms with Gasteiger partial charge in [0.15, 0.2) is 0 Å². The summed E-state index contributed by atoms with van der Waals surface area (Å²) in [6, 6.07) is 7.27. The van der Waals surface area contributed by atoms with Crippen LogP contribution in [-0.2, 0) is 9.59 Å². The van der Waals surface area contributed by atoms with Crippen LogP contribution >= 0.6 is 11.3 Å². The van der Waals surface area contributed by atoms with Crippen molar-refractivity contribution in [3.8, 4) is 0 Å². The number of benzene rings is 1. The van der Waals surface area contributed by atoms with Crippen molar-refractivity contribution in [3.05, 3.63) is 29.3 Å². The minimum absolute atomic E-state index is 0.0245. The molecule has 124 valence electrons. The predicted molar refractivity (Wildman–Crippen MR) is 93.2 cm³/mol. The lowest BCUT2D eigenvalue weighted by Gasteiger charge is -2.30. The third kappa shape index (κ3) is 3.88. The Labute approximate surface area is 140 Å². The van der Waals surface area contributed by atoms with E-state index in [0.29, 0.717) is 0 Å². The van der Waals surface area contributed by atoms with Gasteiger partial charge in [0.2, 0.25) is 11.8 Å². The highest BCUT2D eigenvalue weighted by Crippen LogP contribution is 2.29. The Morgan fingerprint density at radius 1 is 1.22 bits per heavy atom. The van der Waals surface area contributed by atoms with Gasteiger partial charge < -0.3 is 10.2 Å². The molecule has 1 aromatic heterocycles. The van der Waals surface area contributed by atoms with Crippen LogP contribution in [0.4, 0.5) is 0 Å². The van der Waals surface area contributed by atoms with Crippen molar-refractivity contribution in [1.29, 1.82) is 0 Å². The molecular formula is C17H23N3O2S. The summed E-state index contributed by atoms with van der Waals surface area (Å²) in [6.45, 7) is 7.24. The van der Waals surface area contributed by atoms with Crippen molar-refractivity contribution in [3.63, 3.8) is 0 Å². The Morgan fingerprint density at radius 2 is 1.87 bits per heavy atom. The zero-order chi connectivity index (χ0) is 17.1. The zero-order valence-electron chi connectivity index (χ0n) is 14.2. The number of carbonyl (C=O) groups excluding carboxylic acids is 2. The quantitative estimate of drug-likeness (QED) is 0.915. The van der Waals surface area contributed by atoms with Gasteiger partial charge in [-0.05, 0) is 25.0 Å². The largest absolute Gasteiger partial charge is 0.344 e. The second-order valence-electron chi connectivity index (χ2n) is 6.07. The Kier molecular flexibility index (Phi) is 5.36. The lowest BCUT2D eigenvalue weighted by molar-refractivity contribution is -0.137. The third-order valence-corrected chi connectivity index (χ3v) is 5.09. The highest BCUT2D eigenvalue weighted by atomic mass is 32.1. The van der Waals surface area contributed by atoms with Crippen molar-refractivity contribution in [2.75, 3.05) is 7.05 Å². The minimum atomic E-state index is -0.519. The molecule has 0 saturated heterocycles. The molecule has 2 rings (SSSR count). The summed E-state index contributed by atoms with van der Waals surface area (Å²) < 4.78 is 1.11. The van der Waals surface area contributed by atoms with Gasteiger partial charge in [0.25, 0.3) is 0 Å². The molecular weight excluding hydrogens is 310 g/mol. The lowest BCUT2D eigenvalue weighted by Crippen LogP contribution is -2.50. The summed E-state index contributed by atoms with van der Waals surface area (Å²) in [5.41, 5.74) is 0.947. The fraction of sp³-hybridized carbons (Fsp3) is 0.471. The molecule has 2 aromatic rings. The van der Waals surface area contributed by atoms with Gasteiger partial charge >= 0.3 is 0 Å². The van der Waals surface area contributed by atoms with E-state index in [-0.39, 0.29) is 23.8 Å². The van der Waals surface area contributed by atoms with Gasteiger partial charge in [-0.25, -0.2) is 4.98 Å². The summed E-state index contributed by atoms with van der Waals surface area (Å²) in [5, 5.41) is 3.64. The van der Waals surface area contributed by atoms with E-state index in [1.54, 1.807) is 23.3 Å². The van der Waals surface area contributed by atoms with Gasteiger partial charge in [-0.3, -0.25) is 9.59 Å². The number of fused-ring (bicyclic) bond motifs is 1. The lowest BCUT2D eigenvalue weighted by atomic mass is 10.0. The van der Waals surface area contributed by atoms with E-state index in [2.05, 4.69) is 10.3 Å². The average molecular weight is 333 g/mol. The van der Waals surface area contributed by atoms with Crippen LogP contribution in [0.5, 0.6) is 0 Å². The number of aromatic nitrogens is 1. The number of hydrogen-bond acceptors (Lipinski definition) is 4. The van der Waals surface area contributed by atoms with Crippen LogP contribution in [0, 0.1) is 5.92 Å². The topological polar surface area (TPSA) is 62.3 Å². The van der Waals surface area contributed by atoms with Crippen LogP contribution in [0.2, 0.25) is 0 Å². The fourth-order valence-corrected chi connectivity index (χ4v) is 3.44. The summed E-state index contributed by atoms with van der Waals surface area (Å²) in [7, 11) is 1.76. The first-order chi connectivity index (χ1) is 10.8. The van der Waals surface area contributed by atoms with E-state index < -0.39 is 6.04 Å². The molecule has 0 fully saturated rings. The van der Waals surface area contributed by atoms with E-state index in [1.165, 1.54) is 6.92 Å². The summed E-state index contributed by atoms with van der Waals surface area (Å²) in [4.78, 5) is 30.4. The van der Waals surface area contributed by atoms with Crippen molar-refractivity contribution < 1.29 is 9.59 Å². The standard InChI is InChI=1S/C17H23N3O2S/c1-10(2)15(18-12(4)21)17(22)20(5)11(3)16-19-13-8-6-7-9-14(13)23-16/h6-11,15H,1-5H3,(H,18,21)/t11-,15+/m1/s1. The van der Waals surface area contributed by atoms with Crippen LogP contribution < -0.4 is 5.32 Å². The number of likely N-dealkylation sites (N-methyl/N-ethyl adjacent to an activating group) is 1. The molecule has 1 heterocycles. The maximum Gasteiger partial charge on any atom is 0.245 e. The molecule has 0 aliphatic carbocycles. The summed E-state index contributed by atoms with van der Waals surface area (Å²) in [5.74, 6) is -0.267. The molecule has 2 amide bonds. The van der Waals surface area contributed by atoms with E-state index >= 15 is 0 Å². The number of para-hydroxylation sites is 1. The molecule has 23 heavy (non-hydrogen) atoms. The highest BCUT2D eigenvalue weighted by Gasteiger charge is 2.29. The molecule has 2 atom stereocenters. The van der Waals surface area contributed by atoms with Gasteiger partial charge in [0.05, 0.1) is 16.3 Å². The van der Waals surface area contributed by atoms with E-state index in [1.807, 2.05) is 45.0 Å². The first-order valence-corrected chi connectivity index (χ1v) is 8.52. The predicted octanol–water partition coefficient (Wildman–Crippen LogP) is 2.98. The average Bonchev–Trinajstić information content (AvgIpc) is 2.94. The zero-order valence-corrected chi connectivity index (χ0v) is 15.0. The van der Waals surface area contributed by atoms with Crippen LogP contribution in [0.1, 0.15) is 38.7 Å². The summed E-state index contributed by atoms with van der Waals surface area (Å²) >= 11 is 1.59. The van der Waals surface area contributed by atoms with Crippen molar-refractivity contribution in [2.45, 2.75) is 39.8 Å². The van der Waals surface area contributed by atoms with Crippen LogP contribution in [0.25, 0.3) is 10.2 Å². The van der Waals surface area contributed by atoms with Gasteiger partial charge in [-0.1, -0.05) is 26.0 Å². The fourth-order valence-electron chi connectivity index (χ4n) is 2.38. The molecule has 5 nitrogen and oxygen atoms in total. The first kappa shape index (κ1) is 17.4. The van der Waals surface area contributed by atoms with Crippen molar-refractivity contribution in [2.24, 2.45) is 5.92 Å². The molecule has 0 aliphatic heterocycles. The molecule has 0 bridgehead atoms. The smallest absolute Gasteiger partial charge is 0.245 e.